The van der Waals surface area contributed by atoms with E-state index >= 15 is 0 Å². The number of aromatic amines is 1. The van der Waals surface area contributed by atoms with E-state index in [0.717, 1.165) is 0 Å². The number of rotatable bonds is 5. The van der Waals surface area contributed by atoms with Crippen molar-refractivity contribution < 1.29 is 14.3 Å². The lowest BCUT2D eigenvalue weighted by Crippen LogP contribution is -2.20. The summed E-state index contributed by atoms with van der Waals surface area (Å²) < 4.78 is 10.6. The number of hydrogen-bond donors (Lipinski definition) is 1. The molecule has 3 rings (SSSR count). The van der Waals surface area contributed by atoms with Gasteiger partial charge in [0, 0.05) is 5.02 Å². The summed E-state index contributed by atoms with van der Waals surface area (Å²) in [5, 5.41) is 1.06. The molecule has 1 N–H and O–H groups in total. The number of benzene rings is 2. The van der Waals surface area contributed by atoms with Crippen molar-refractivity contribution in [2.45, 2.75) is 13.0 Å². The van der Waals surface area contributed by atoms with Gasteiger partial charge in [0.05, 0.1) is 10.9 Å². The maximum absolute atomic E-state index is 12.1. The minimum Gasteiger partial charge on any atom is -0.482 e. The van der Waals surface area contributed by atoms with E-state index in [-0.39, 0.29) is 18.0 Å². The van der Waals surface area contributed by atoms with Gasteiger partial charge in [-0.25, -0.2) is 9.78 Å². The Bertz CT molecular complexity index is 953. The molecule has 0 unspecified atom stereocenters. The Labute approximate surface area is 148 Å². The summed E-state index contributed by atoms with van der Waals surface area (Å²) in [6, 6.07) is 13.6. The number of nitrogens with zero attached hydrogens (tertiary/aromatic N) is 1. The number of nitrogens with one attached hydrogen (secondary N) is 1. The lowest BCUT2D eigenvalue weighted by molar-refractivity contribution is -0.151. The van der Waals surface area contributed by atoms with Gasteiger partial charge in [-0.2, -0.15) is 0 Å². The zero-order chi connectivity index (χ0) is 17.8. The Balaban J connectivity index is 1.65. The van der Waals surface area contributed by atoms with Gasteiger partial charge in [-0.15, -0.1) is 0 Å². The Morgan fingerprint density at radius 2 is 1.92 bits per heavy atom. The average molecular weight is 359 g/mol. The van der Waals surface area contributed by atoms with Gasteiger partial charge in [-0.1, -0.05) is 23.7 Å². The quantitative estimate of drug-likeness (QED) is 0.708. The summed E-state index contributed by atoms with van der Waals surface area (Å²) in [7, 11) is 0. The molecule has 0 aliphatic carbocycles. The van der Waals surface area contributed by atoms with Crippen LogP contribution < -0.4 is 10.3 Å². The molecule has 0 amide bonds. The summed E-state index contributed by atoms with van der Waals surface area (Å²) in [5.74, 6) is 0.216. The first-order valence-electron chi connectivity index (χ1n) is 7.60. The third-order valence-electron chi connectivity index (χ3n) is 3.49. The molecule has 0 bridgehead atoms. The predicted molar refractivity (Wildman–Crippen MR) is 93.8 cm³/mol. The number of halogens is 1. The van der Waals surface area contributed by atoms with Crippen molar-refractivity contribution in [1.29, 1.82) is 0 Å². The van der Waals surface area contributed by atoms with Crippen LogP contribution in [0.15, 0.2) is 53.3 Å². The van der Waals surface area contributed by atoms with Crippen LogP contribution in [0.1, 0.15) is 18.9 Å². The lowest BCUT2D eigenvalue weighted by atomic mass is 10.2. The van der Waals surface area contributed by atoms with Gasteiger partial charge < -0.3 is 14.5 Å². The number of esters is 1. The summed E-state index contributed by atoms with van der Waals surface area (Å²) in [5.41, 5.74) is 0.266. The molecule has 1 heterocycles. The van der Waals surface area contributed by atoms with Crippen molar-refractivity contribution in [2.75, 3.05) is 6.61 Å². The molecule has 0 aliphatic rings. The fourth-order valence-electron chi connectivity index (χ4n) is 2.26. The van der Waals surface area contributed by atoms with Gasteiger partial charge in [0.25, 0.3) is 5.56 Å². The Morgan fingerprint density at radius 3 is 2.68 bits per heavy atom. The van der Waals surface area contributed by atoms with E-state index in [0.29, 0.717) is 21.7 Å². The van der Waals surface area contributed by atoms with E-state index in [9.17, 15) is 9.59 Å². The van der Waals surface area contributed by atoms with Crippen LogP contribution in [0.3, 0.4) is 0 Å². The van der Waals surface area contributed by atoms with Crippen LogP contribution in [0, 0.1) is 0 Å². The summed E-state index contributed by atoms with van der Waals surface area (Å²) in [4.78, 5) is 30.9. The van der Waals surface area contributed by atoms with E-state index in [2.05, 4.69) is 9.97 Å². The molecule has 7 heteroatoms. The largest absolute Gasteiger partial charge is 0.482 e. The number of H-pyrrole nitrogens is 1. The van der Waals surface area contributed by atoms with E-state index in [4.69, 9.17) is 21.1 Å². The van der Waals surface area contributed by atoms with Crippen molar-refractivity contribution in [3.8, 4) is 5.75 Å². The fourth-order valence-corrected chi connectivity index (χ4v) is 2.38. The van der Waals surface area contributed by atoms with Crippen LogP contribution in [-0.2, 0) is 9.53 Å². The fraction of sp³-hybridized carbons (Fsp3) is 0.167. The SMILES string of the molecule is C[C@@H](OC(=O)COc1ccc(Cl)cc1)c1nc2ccccc2c(=O)[nH]1. The third kappa shape index (κ3) is 4.16. The Hall–Kier alpha value is -2.86. The maximum Gasteiger partial charge on any atom is 0.344 e. The van der Waals surface area contributed by atoms with Crippen molar-refractivity contribution in [1.82, 2.24) is 9.97 Å². The molecule has 1 aromatic heterocycles. The zero-order valence-corrected chi connectivity index (χ0v) is 14.1. The standard InChI is InChI=1S/C18H15ClN2O4/c1-11(17-20-15-5-3-2-4-14(15)18(23)21-17)25-16(22)10-24-13-8-6-12(19)7-9-13/h2-9,11H,10H2,1H3,(H,20,21,23)/t11-/m1/s1. The highest BCUT2D eigenvalue weighted by Gasteiger charge is 2.16. The van der Waals surface area contributed by atoms with E-state index < -0.39 is 12.1 Å². The van der Waals surface area contributed by atoms with Gasteiger partial charge in [-0.3, -0.25) is 4.79 Å². The number of ether oxygens (including phenoxy) is 2. The molecular formula is C18H15ClN2O4. The lowest BCUT2D eigenvalue weighted by Gasteiger charge is -2.13. The molecule has 3 aromatic rings. The molecule has 0 saturated carbocycles. The highest BCUT2D eigenvalue weighted by molar-refractivity contribution is 6.30. The summed E-state index contributed by atoms with van der Waals surface area (Å²) >= 11 is 5.78. The summed E-state index contributed by atoms with van der Waals surface area (Å²) in [6.45, 7) is 1.37. The number of para-hydroxylation sites is 1. The first-order valence-corrected chi connectivity index (χ1v) is 7.97. The molecular weight excluding hydrogens is 344 g/mol. The molecule has 0 aliphatic heterocycles. The minimum absolute atomic E-state index is 0.260. The molecule has 0 radical (unpaired) electrons. The molecule has 0 spiro atoms. The molecule has 0 fully saturated rings. The average Bonchev–Trinajstić information content (AvgIpc) is 2.61. The van der Waals surface area contributed by atoms with Crippen LogP contribution in [-0.4, -0.2) is 22.5 Å². The Morgan fingerprint density at radius 1 is 1.20 bits per heavy atom. The van der Waals surface area contributed by atoms with Crippen LogP contribution >= 0.6 is 11.6 Å². The maximum atomic E-state index is 12.1. The second kappa shape index (κ2) is 7.36. The smallest absolute Gasteiger partial charge is 0.344 e. The highest BCUT2D eigenvalue weighted by atomic mass is 35.5. The topological polar surface area (TPSA) is 81.3 Å². The minimum atomic E-state index is -0.710. The second-order valence-electron chi connectivity index (χ2n) is 5.34. The predicted octanol–water partition coefficient (Wildman–Crippen LogP) is 3.26. The molecule has 2 aromatic carbocycles. The van der Waals surface area contributed by atoms with Gasteiger partial charge in [0.1, 0.15) is 5.75 Å². The van der Waals surface area contributed by atoms with Crippen LogP contribution in [0.5, 0.6) is 5.75 Å². The number of fused-ring (bicyclic) bond motifs is 1. The number of carbonyl (C=O) groups is 1. The van der Waals surface area contributed by atoms with E-state index in [1.54, 1.807) is 55.5 Å². The van der Waals surface area contributed by atoms with Gasteiger partial charge in [0.2, 0.25) is 0 Å². The number of aromatic nitrogens is 2. The van der Waals surface area contributed by atoms with Gasteiger partial charge >= 0.3 is 5.97 Å². The Kier molecular flexibility index (Phi) is 5.00. The molecule has 6 nitrogen and oxygen atoms in total. The van der Waals surface area contributed by atoms with Crippen LogP contribution in [0.4, 0.5) is 0 Å². The van der Waals surface area contributed by atoms with Crippen LogP contribution in [0.25, 0.3) is 10.9 Å². The van der Waals surface area contributed by atoms with E-state index in [1.165, 1.54) is 0 Å². The first kappa shape index (κ1) is 17.0. The molecule has 128 valence electrons. The van der Waals surface area contributed by atoms with Crippen LogP contribution in [0.2, 0.25) is 5.02 Å². The van der Waals surface area contributed by atoms with Gasteiger partial charge in [0.15, 0.2) is 18.5 Å². The van der Waals surface area contributed by atoms with Gasteiger partial charge in [-0.05, 0) is 43.3 Å². The highest BCUT2D eigenvalue weighted by Crippen LogP contribution is 2.17. The zero-order valence-electron chi connectivity index (χ0n) is 13.4. The number of carbonyl (C=O) groups excluding carboxylic acids is 1. The summed E-state index contributed by atoms with van der Waals surface area (Å²) in [6.07, 6.45) is -0.710. The third-order valence-corrected chi connectivity index (χ3v) is 3.75. The molecule has 1 atom stereocenters. The van der Waals surface area contributed by atoms with Crippen molar-refractivity contribution in [3.63, 3.8) is 0 Å². The second-order valence-corrected chi connectivity index (χ2v) is 5.78. The normalized spacial score (nSPS) is 11.9. The molecule has 0 saturated heterocycles. The molecule has 25 heavy (non-hydrogen) atoms. The monoisotopic (exact) mass is 358 g/mol. The first-order chi connectivity index (χ1) is 12.0. The number of hydrogen-bond acceptors (Lipinski definition) is 5. The van der Waals surface area contributed by atoms with Crippen molar-refractivity contribution in [3.05, 3.63) is 69.7 Å². The van der Waals surface area contributed by atoms with Crippen molar-refractivity contribution in [2.24, 2.45) is 0 Å². The van der Waals surface area contributed by atoms with E-state index in [1.807, 2.05) is 0 Å². The van der Waals surface area contributed by atoms with Crippen molar-refractivity contribution >= 4 is 28.5 Å².